The molecule has 94 valence electrons. The van der Waals surface area contributed by atoms with Crippen LogP contribution in [0.2, 0.25) is 0 Å². The van der Waals surface area contributed by atoms with Crippen molar-refractivity contribution in [2.24, 2.45) is 11.7 Å². The minimum Gasteiger partial charge on any atom is -0.425 e. The smallest absolute Gasteiger partial charge is 0.311 e. The normalized spacial score (nSPS) is 12.3. The number of esters is 2. The van der Waals surface area contributed by atoms with Crippen molar-refractivity contribution in [2.45, 2.75) is 46.3 Å². The van der Waals surface area contributed by atoms with E-state index in [1.54, 1.807) is 20.8 Å². The van der Waals surface area contributed by atoms with Crippen molar-refractivity contribution in [1.82, 2.24) is 0 Å². The molecule has 5 nitrogen and oxygen atoms in total. The summed E-state index contributed by atoms with van der Waals surface area (Å²) in [6, 6.07) is 0. The molecule has 0 amide bonds. The molecule has 5 heteroatoms. The molecule has 0 heterocycles. The SMILES string of the molecule is CCC(OC(=O)CCCN)OC(=O)C(C)C. The van der Waals surface area contributed by atoms with Crippen LogP contribution in [0.3, 0.4) is 0 Å². The fourth-order valence-electron chi connectivity index (χ4n) is 0.908. The molecular formula is C11H21NO4. The number of nitrogens with two attached hydrogens (primary N) is 1. The molecule has 0 bridgehead atoms. The Hall–Kier alpha value is -1.10. The fraction of sp³-hybridized carbons (Fsp3) is 0.818. The summed E-state index contributed by atoms with van der Waals surface area (Å²) in [6.07, 6.45) is 0.507. The van der Waals surface area contributed by atoms with E-state index in [0.717, 1.165) is 0 Å². The highest BCUT2D eigenvalue weighted by Crippen LogP contribution is 2.07. The van der Waals surface area contributed by atoms with Gasteiger partial charge in [-0.2, -0.15) is 0 Å². The molecule has 0 spiro atoms. The van der Waals surface area contributed by atoms with Crippen LogP contribution in [0.4, 0.5) is 0 Å². The van der Waals surface area contributed by atoms with Crippen LogP contribution < -0.4 is 5.73 Å². The van der Waals surface area contributed by atoms with Crippen LogP contribution in [0.25, 0.3) is 0 Å². The molecule has 1 unspecified atom stereocenters. The van der Waals surface area contributed by atoms with Crippen LogP contribution in [0.1, 0.15) is 40.0 Å². The number of carbonyl (C=O) groups excluding carboxylic acids is 2. The summed E-state index contributed by atoms with van der Waals surface area (Å²) in [5.41, 5.74) is 5.27. The highest BCUT2D eigenvalue weighted by Gasteiger charge is 2.18. The van der Waals surface area contributed by atoms with Crippen LogP contribution in [0.15, 0.2) is 0 Å². The van der Waals surface area contributed by atoms with Gasteiger partial charge in [-0.05, 0) is 13.0 Å². The van der Waals surface area contributed by atoms with Gasteiger partial charge in [0.05, 0.1) is 5.92 Å². The monoisotopic (exact) mass is 231 g/mol. The minimum atomic E-state index is -0.778. The Labute approximate surface area is 96.3 Å². The second-order valence-corrected chi connectivity index (χ2v) is 3.81. The number of hydrogen-bond acceptors (Lipinski definition) is 5. The first-order chi connectivity index (χ1) is 7.51. The first-order valence-electron chi connectivity index (χ1n) is 5.61. The van der Waals surface area contributed by atoms with E-state index in [0.29, 0.717) is 19.4 Å². The second-order valence-electron chi connectivity index (χ2n) is 3.81. The highest BCUT2D eigenvalue weighted by molar-refractivity contribution is 5.72. The molecule has 0 aliphatic heterocycles. The third-order valence-corrected chi connectivity index (χ3v) is 1.90. The van der Waals surface area contributed by atoms with E-state index in [-0.39, 0.29) is 24.3 Å². The van der Waals surface area contributed by atoms with E-state index >= 15 is 0 Å². The lowest BCUT2D eigenvalue weighted by molar-refractivity contribution is -0.190. The van der Waals surface area contributed by atoms with Gasteiger partial charge in [-0.15, -0.1) is 0 Å². The van der Waals surface area contributed by atoms with Crippen LogP contribution >= 0.6 is 0 Å². The summed E-state index contributed by atoms with van der Waals surface area (Å²) >= 11 is 0. The van der Waals surface area contributed by atoms with E-state index in [4.69, 9.17) is 15.2 Å². The van der Waals surface area contributed by atoms with Gasteiger partial charge in [-0.3, -0.25) is 9.59 Å². The zero-order chi connectivity index (χ0) is 12.6. The lowest BCUT2D eigenvalue weighted by Crippen LogP contribution is -2.26. The summed E-state index contributed by atoms with van der Waals surface area (Å²) in [5.74, 6) is -0.968. The molecule has 0 saturated heterocycles. The zero-order valence-electron chi connectivity index (χ0n) is 10.2. The van der Waals surface area contributed by atoms with E-state index in [2.05, 4.69) is 0 Å². The molecule has 0 aliphatic rings. The number of rotatable bonds is 7. The van der Waals surface area contributed by atoms with Crippen molar-refractivity contribution in [3.05, 3.63) is 0 Å². The van der Waals surface area contributed by atoms with Crippen LogP contribution in [0.5, 0.6) is 0 Å². The van der Waals surface area contributed by atoms with Crippen LogP contribution in [0, 0.1) is 5.92 Å². The molecular weight excluding hydrogens is 210 g/mol. The van der Waals surface area contributed by atoms with Crippen LogP contribution in [-0.4, -0.2) is 24.8 Å². The van der Waals surface area contributed by atoms with Gasteiger partial charge in [0.15, 0.2) is 0 Å². The van der Waals surface area contributed by atoms with Gasteiger partial charge in [0, 0.05) is 12.8 Å². The summed E-state index contributed by atoms with van der Waals surface area (Å²) in [6.45, 7) is 5.68. The molecule has 16 heavy (non-hydrogen) atoms. The summed E-state index contributed by atoms with van der Waals surface area (Å²) in [7, 11) is 0. The van der Waals surface area contributed by atoms with Gasteiger partial charge < -0.3 is 15.2 Å². The first kappa shape index (κ1) is 14.9. The summed E-state index contributed by atoms with van der Waals surface area (Å²) in [5, 5.41) is 0. The van der Waals surface area contributed by atoms with Crippen molar-refractivity contribution in [3.63, 3.8) is 0 Å². The molecule has 0 aromatic heterocycles. The number of carbonyl (C=O) groups is 2. The van der Waals surface area contributed by atoms with Gasteiger partial charge in [0.1, 0.15) is 0 Å². The number of ether oxygens (including phenoxy) is 2. The van der Waals surface area contributed by atoms with Gasteiger partial charge in [-0.25, -0.2) is 0 Å². The minimum absolute atomic E-state index is 0.225. The third-order valence-electron chi connectivity index (χ3n) is 1.90. The predicted molar refractivity (Wildman–Crippen MR) is 59.4 cm³/mol. The Morgan fingerprint density at radius 3 is 2.31 bits per heavy atom. The van der Waals surface area contributed by atoms with E-state index in [9.17, 15) is 9.59 Å². The standard InChI is InChI=1S/C11H21NO4/c1-4-10(16-11(14)8(2)3)15-9(13)6-5-7-12/h8,10H,4-7,12H2,1-3H3. The quantitative estimate of drug-likeness (QED) is 0.526. The van der Waals surface area contributed by atoms with E-state index in [1.165, 1.54) is 0 Å². The Bertz CT molecular complexity index is 228. The molecule has 0 rings (SSSR count). The van der Waals surface area contributed by atoms with Gasteiger partial charge in [0.25, 0.3) is 0 Å². The van der Waals surface area contributed by atoms with Gasteiger partial charge in [-0.1, -0.05) is 20.8 Å². The first-order valence-corrected chi connectivity index (χ1v) is 5.61. The average molecular weight is 231 g/mol. The van der Waals surface area contributed by atoms with Gasteiger partial charge in [0.2, 0.25) is 6.29 Å². The van der Waals surface area contributed by atoms with Crippen molar-refractivity contribution >= 4 is 11.9 Å². The van der Waals surface area contributed by atoms with Crippen molar-refractivity contribution < 1.29 is 19.1 Å². The van der Waals surface area contributed by atoms with Crippen molar-refractivity contribution in [3.8, 4) is 0 Å². The van der Waals surface area contributed by atoms with Crippen LogP contribution in [-0.2, 0) is 19.1 Å². The maximum atomic E-state index is 11.3. The largest absolute Gasteiger partial charge is 0.425 e. The summed E-state index contributed by atoms with van der Waals surface area (Å²) in [4.78, 5) is 22.5. The topological polar surface area (TPSA) is 78.6 Å². The maximum Gasteiger partial charge on any atom is 0.311 e. The maximum absolute atomic E-state index is 11.3. The number of hydrogen-bond donors (Lipinski definition) is 1. The van der Waals surface area contributed by atoms with E-state index < -0.39 is 6.29 Å². The third kappa shape index (κ3) is 6.40. The van der Waals surface area contributed by atoms with Gasteiger partial charge >= 0.3 is 11.9 Å². The Morgan fingerprint density at radius 1 is 1.25 bits per heavy atom. The lowest BCUT2D eigenvalue weighted by atomic mass is 10.2. The fourth-order valence-corrected chi connectivity index (χ4v) is 0.908. The average Bonchev–Trinajstić information content (AvgIpc) is 2.24. The van der Waals surface area contributed by atoms with E-state index in [1.807, 2.05) is 0 Å². The molecule has 0 aromatic carbocycles. The molecule has 0 fully saturated rings. The molecule has 0 radical (unpaired) electrons. The molecule has 0 aromatic rings. The Morgan fingerprint density at radius 2 is 1.88 bits per heavy atom. The predicted octanol–water partition coefficient (Wildman–Crippen LogP) is 1.20. The molecule has 0 aliphatic carbocycles. The zero-order valence-corrected chi connectivity index (χ0v) is 10.2. The van der Waals surface area contributed by atoms with Crippen molar-refractivity contribution in [2.75, 3.05) is 6.54 Å². The Balaban J connectivity index is 4.00. The molecule has 0 saturated carbocycles. The van der Waals surface area contributed by atoms with Crippen molar-refractivity contribution in [1.29, 1.82) is 0 Å². The molecule has 1 atom stereocenters. The lowest BCUT2D eigenvalue weighted by Gasteiger charge is -2.17. The Kier molecular flexibility index (Phi) is 7.54. The molecule has 2 N–H and O–H groups in total. The highest BCUT2D eigenvalue weighted by atomic mass is 16.7. The second kappa shape index (κ2) is 8.10. The summed E-state index contributed by atoms with van der Waals surface area (Å²) < 4.78 is 9.98.